The summed E-state index contributed by atoms with van der Waals surface area (Å²) >= 11 is 2.37. The Balaban J connectivity index is 1.78. The third-order valence-electron chi connectivity index (χ3n) is 7.08. The van der Waals surface area contributed by atoms with Gasteiger partial charge in [-0.05, 0) is 72.7 Å². The summed E-state index contributed by atoms with van der Waals surface area (Å²) in [7, 11) is 1.46. The van der Waals surface area contributed by atoms with Gasteiger partial charge in [0.2, 0.25) is 0 Å². The Bertz CT molecular complexity index is 836. The number of aliphatic hydroxyl groups excluding tert-OH is 1. The molecule has 2 bridgehead atoms. The van der Waals surface area contributed by atoms with Crippen LogP contribution in [0, 0.1) is 15.4 Å². The molecule has 1 aromatic carbocycles. The zero-order valence-electron chi connectivity index (χ0n) is 15.0. The molecule has 1 aliphatic carbocycles. The van der Waals surface area contributed by atoms with Crippen LogP contribution < -0.4 is 5.32 Å². The van der Waals surface area contributed by atoms with E-state index < -0.39 is 6.10 Å². The van der Waals surface area contributed by atoms with E-state index in [-0.39, 0.29) is 23.2 Å². The Morgan fingerprint density at radius 3 is 3.04 bits per heavy atom. The second-order valence-corrected chi connectivity index (χ2v) is 9.32. The van der Waals surface area contributed by atoms with Crippen LogP contribution in [0.1, 0.15) is 25.3 Å². The lowest BCUT2D eigenvalue weighted by Gasteiger charge is -2.51. The molecule has 6 heteroatoms. The number of nitrogens with one attached hydrogen (secondary N) is 1. The Morgan fingerprint density at radius 2 is 2.31 bits per heavy atom. The van der Waals surface area contributed by atoms with Gasteiger partial charge >= 0.3 is 5.97 Å². The van der Waals surface area contributed by atoms with Crippen molar-refractivity contribution in [2.45, 2.75) is 37.3 Å². The molecule has 1 spiro atoms. The van der Waals surface area contributed by atoms with Crippen LogP contribution in [0.5, 0.6) is 0 Å². The number of carbonyl (C=O) groups is 1. The minimum absolute atomic E-state index is 0.0470. The fraction of sp³-hybridized carbons (Fsp3) is 0.550. The van der Waals surface area contributed by atoms with Crippen molar-refractivity contribution in [3.8, 4) is 0 Å². The molecule has 2 N–H and O–H groups in total. The van der Waals surface area contributed by atoms with Crippen molar-refractivity contribution in [1.82, 2.24) is 4.90 Å². The van der Waals surface area contributed by atoms with Crippen molar-refractivity contribution < 1.29 is 14.6 Å². The number of carbonyl (C=O) groups excluding carboxylic acids is 1. The van der Waals surface area contributed by atoms with Crippen molar-refractivity contribution in [2.24, 2.45) is 11.8 Å². The second-order valence-electron chi connectivity index (χ2n) is 8.07. The van der Waals surface area contributed by atoms with Crippen LogP contribution in [0.15, 0.2) is 29.5 Å². The minimum Gasteiger partial charge on any atom is -0.466 e. The van der Waals surface area contributed by atoms with Gasteiger partial charge in [-0.25, -0.2) is 4.79 Å². The molecule has 3 aliphatic heterocycles. The van der Waals surface area contributed by atoms with Crippen LogP contribution in [-0.2, 0) is 14.9 Å². The number of fused-ring (bicyclic) bond motifs is 2. The largest absolute Gasteiger partial charge is 0.466 e. The molecule has 0 radical (unpaired) electrons. The lowest BCUT2D eigenvalue weighted by Crippen LogP contribution is -2.57. The van der Waals surface area contributed by atoms with Crippen LogP contribution in [0.25, 0.3) is 0 Å². The van der Waals surface area contributed by atoms with E-state index in [0.29, 0.717) is 6.04 Å². The molecule has 26 heavy (non-hydrogen) atoms. The summed E-state index contributed by atoms with van der Waals surface area (Å²) in [5.74, 6) is -0.135. The van der Waals surface area contributed by atoms with Gasteiger partial charge in [-0.3, -0.25) is 4.90 Å². The molecule has 0 amide bonds. The fourth-order valence-corrected chi connectivity index (χ4v) is 6.49. The predicted octanol–water partition coefficient (Wildman–Crippen LogP) is 2.49. The molecule has 1 aromatic rings. The van der Waals surface area contributed by atoms with Crippen molar-refractivity contribution in [3.63, 3.8) is 0 Å². The van der Waals surface area contributed by atoms with Gasteiger partial charge < -0.3 is 15.2 Å². The molecule has 5 atom stereocenters. The smallest absolute Gasteiger partial charge is 0.335 e. The molecule has 5 rings (SSSR count). The maximum absolute atomic E-state index is 12.9. The first-order valence-electron chi connectivity index (χ1n) is 9.29. The van der Waals surface area contributed by atoms with Gasteiger partial charge in [0, 0.05) is 39.4 Å². The van der Waals surface area contributed by atoms with Gasteiger partial charge in [0.25, 0.3) is 0 Å². The molecular formula is C20H23IN2O3. The second kappa shape index (κ2) is 5.69. The van der Waals surface area contributed by atoms with Gasteiger partial charge in [0.1, 0.15) is 0 Å². The third-order valence-corrected chi connectivity index (χ3v) is 7.75. The molecule has 2 fully saturated rings. The van der Waals surface area contributed by atoms with Crippen molar-refractivity contribution in [2.75, 3.05) is 25.5 Å². The summed E-state index contributed by atoms with van der Waals surface area (Å²) in [6, 6.07) is 6.90. The molecule has 2 unspecified atom stereocenters. The summed E-state index contributed by atoms with van der Waals surface area (Å²) in [6.07, 6.45) is 1.47. The van der Waals surface area contributed by atoms with E-state index in [2.05, 4.69) is 51.0 Å². The quantitative estimate of drug-likeness (QED) is 0.518. The number of hydrogen-bond acceptors (Lipinski definition) is 5. The number of methoxy groups -OCH3 is 1. The third kappa shape index (κ3) is 2.01. The molecular weight excluding hydrogens is 443 g/mol. The maximum Gasteiger partial charge on any atom is 0.335 e. The highest BCUT2D eigenvalue weighted by Gasteiger charge is 2.63. The van der Waals surface area contributed by atoms with Gasteiger partial charge in [0.15, 0.2) is 0 Å². The highest BCUT2D eigenvalue weighted by molar-refractivity contribution is 14.1. The van der Waals surface area contributed by atoms with Crippen LogP contribution >= 0.6 is 22.6 Å². The Morgan fingerprint density at radius 1 is 1.50 bits per heavy atom. The van der Waals surface area contributed by atoms with Gasteiger partial charge in [-0.1, -0.05) is 0 Å². The molecule has 0 saturated carbocycles. The topological polar surface area (TPSA) is 61.8 Å². The van der Waals surface area contributed by atoms with E-state index >= 15 is 0 Å². The van der Waals surface area contributed by atoms with E-state index in [1.807, 2.05) is 6.92 Å². The number of hydrogen-bond donors (Lipinski definition) is 2. The molecule has 0 aromatic heterocycles. The summed E-state index contributed by atoms with van der Waals surface area (Å²) in [5.41, 5.74) is 4.10. The molecule has 138 valence electrons. The average molecular weight is 466 g/mol. The predicted molar refractivity (Wildman–Crippen MR) is 107 cm³/mol. The SMILES string of the molecule is COC(=O)C1=C2Nc3ccc(I)cc3[C@@]23CCN2CC([C@@H](C)O)C1C[C@H]23. The van der Waals surface area contributed by atoms with E-state index in [9.17, 15) is 9.90 Å². The van der Waals surface area contributed by atoms with Gasteiger partial charge in [-0.15, -0.1) is 0 Å². The zero-order chi connectivity index (χ0) is 18.2. The molecule has 3 heterocycles. The highest BCUT2D eigenvalue weighted by Crippen LogP contribution is 2.61. The van der Waals surface area contributed by atoms with Crippen LogP contribution in [0.4, 0.5) is 5.69 Å². The molecule has 5 nitrogen and oxygen atoms in total. The maximum atomic E-state index is 12.9. The number of aliphatic hydroxyl groups is 1. The van der Waals surface area contributed by atoms with Gasteiger partial charge in [0.05, 0.1) is 24.2 Å². The number of piperidine rings is 1. The lowest BCUT2D eigenvalue weighted by molar-refractivity contribution is -0.138. The minimum atomic E-state index is -0.445. The first kappa shape index (κ1) is 17.0. The zero-order valence-corrected chi connectivity index (χ0v) is 17.1. The number of halogens is 1. The van der Waals surface area contributed by atoms with Crippen molar-refractivity contribution in [3.05, 3.63) is 38.6 Å². The first-order valence-corrected chi connectivity index (χ1v) is 10.4. The van der Waals surface area contributed by atoms with Crippen LogP contribution in [0.2, 0.25) is 0 Å². The summed E-state index contributed by atoms with van der Waals surface area (Å²) in [6.45, 7) is 3.70. The van der Waals surface area contributed by atoms with Crippen LogP contribution in [-0.4, -0.2) is 48.3 Å². The average Bonchev–Trinajstić information content (AvgIpc) is 3.17. The standard InChI is InChI=1S/C20H23IN2O3/c1-10(24)13-9-23-6-5-20-14-7-11(21)3-4-15(14)22-18(20)17(19(25)26-2)12(13)8-16(20)23/h3-4,7,10,12-13,16,22,24H,5-6,8-9H2,1-2H3/t10-,12?,13?,16+,20-/m1/s1. The molecule has 4 aliphatic rings. The summed E-state index contributed by atoms with van der Waals surface area (Å²) in [4.78, 5) is 15.4. The Hall–Kier alpha value is -1.12. The van der Waals surface area contributed by atoms with E-state index in [4.69, 9.17) is 4.74 Å². The number of benzene rings is 1. The number of anilines is 1. The number of rotatable bonds is 2. The number of ether oxygens (including phenoxy) is 1. The monoisotopic (exact) mass is 466 g/mol. The highest BCUT2D eigenvalue weighted by atomic mass is 127. The Labute approximate surface area is 166 Å². The first-order chi connectivity index (χ1) is 12.5. The van der Waals surface area contributed by atoms with Crippen molar-refractivity contribution in [1.29, 1.82) is 0 Å². The summed E-state index contributed by atoms with van der Waals surface area (Å²) in [5, 5.41) is 14.0. The summed E-state index contributed by atoms with van der Waals surface area (Å²) < 4.78 is 6.43. The van der Waals surface area contributed by atoms with E-state index in [1.54, 1.807) is 0 Å². The number of esters is 1. The lowest BCUT2D eigenvalue weighted by atomic mass is 9.60. The van der Waals surface area contributed by atoms with E-state index in [1.165, 1.54) is 16.2 Å². The Kier molecular flexibility index (Phi) is 3.72. The van der Waals surface area contributed by atoms with Crippen molar-refractivity contribution >= 4 is 34.2 Å². The van der Waals surface area contributed by atoms with Crippen LogP contribution in [0.3, 0.4) is 0 Å². The fourth-order valence-electron chi connectivity index (χ4n) is 5.99. The number of nitrogens with zero attached hydrogens (tertiary/aromatic N) is 1. The van der Waals surface area contributed by atoms with Gasteiger partial charge in [-0.2, -0.15) is 0 Å². The van der Waals surface area contributed by atoms with E-state index in [0.717, 1.165) is 42.9 Å². The normalized spacial score (nSPS) is 35.6. The molecule has 2 saturated heterocycles.